The topological polar surface area (TPSA) is 93.9 Å². The molecule has 3 aromatic rings. The first-order valence-corrected chi connectivity index (χ1v) is 12.2. The number of sulfone groups is 1. The molecule has 0 atom stereocenters. The van der Waals surface area contributed by atoms with E-state index in [9.17, 15) is 12.8 Å². The van der Waals surface area contributed by atoms with Gasteiger partial charge in [0, 0.05) is 31.7 Å². The first kappa shape index (κ1) is 23.2. The largest absolute Gasteiger partial charge is 0.494 e. The smallest absolute Gasteiger partial charge is 0.233 e. The number of anilines is 1. The first-order valence-electron chi connectivity index (χ1n) is 10.8. The van der Waals surface area contributed by atoms with Crippen molar-refractivity contribution in [2.75, 3.05) is 51.3 Å². The molecule has 0 amide bonds. The zero-order valence-corrected chi connectivity index (χ0v) is 19.1. The van der Waals surface area contributed by atoms with Crippen molar-refractivity contribution in [1.29, 1.82) is 0 Å². The van der Waals surface area contributed by atoms with Gasteiger partial charge in [-0.25, -0.2) is 12.8 Å². The summed E-state index contributed by atoms with van der Waals surface area (Å²) in [4.78, 5) is 6.46. The quantitative estimate of drug-likeness (QED) is 0.471. The summed E-state index contributed by atoms with van der Waals surface area (Å²) in [6.45, 7) is 6.57. The lowest BCUT2D eigenvalue weighted by atomic mass is 10.2. The first-order chi connectivity index (χ1) is 16.0. The number of nitrogens with one attached hydrogen (secondary N) is 1. The van der Waals surface area contributed by atoms with Crippen LogP contribution in [0.25, 0.3) is 11.5 Å². The summed E-state index contributed by atoms with van der Waals surface area (Å²) in [5.74, 6) is 0.382. The molecule has 33 heavy (non-hydrogen) atoms. The van der Waals surface area contributed by atoms with E-state index in [2.05, 4.69) is 15.2 Å². The van der Waals surface area contributed by atoms with E-state index in [-0.39, 0.29) is 21.7 Å². The number of benzene rings is 2. The van der Waals surface area contributed by atoms with Crippen molar-refractivity contribution in [3.63, 3.8) is 0 Å². The number of rotatable bonds is 9. The molecule has 1 saturated heterocycles. The van der Waals surface area contributed by atoms with E-state index in [0.29, 0.717) is 44.2 Å². The summed E-state index contributed by atoms with van der Waals surface area (Å²) in [5.41, 5.74) is 0.607. The van der Waals surface area contributed by atoms with Crippen LogP contribution in [0.4, 0.5) is 10.3 Å². The number of halogens is 1. The summed E-state index contributed by atoms with van der Waals surface area (Å²) in [6.07, 6.45) is 0. The summed E-state index contributed by atoms with van der Waals surface area (Å²) in [6, 6.07) is 11.7. The average Bonchev–Trinajstić information content (AvgIpc) is 3.26. The highest BCUT2D eigenvalue weighted by Crippen LogP contribution is 2.33. The normalized spacial score (nSPS) is 14.8. The molecular weight excluding hydrogens is 449 g/mol. The minimum atomic E-state index is -4.04. The fourth-order valence-corrected chi connectivity index (χ4v) is 4.74. The number of aromatic nitrogens is 1. The second-order valence-electron chi connectivity index (χ2n) is 7.45. The van der Waals surface area contributed by atoms with Crippen LogP contribution in [0.1, 0.15) is 6.92 Å². The van der Waals surface area contributed by atoms with Crippen LogP contribution < -0.4 is 10.1 Å². The van der Waals surface area contributed by atoms with Crippen molar-refractivity contribution >= 4 is 15.7 Å². The summed E-state index contributed by atoms with van der Waals surface area (Å²) in [7, 11) is -4.04. The standard InChI is InChI=1S/C23H26FN3O5S/c1-2-31-19-7-3-17(4-8-19)21-26-23(33(28,29)20-9-5-18(24)6-10-20)22(32-21)25-11-12-27-13-15-30-16-14-27/h3-10,25H,2,11-16H2,1H3. The number of hydrogen-bond acceptors (Lipinski definition) is 8. The molecule has 2 aromatic carbocycles. The maximum Gasteiger partial charge on any atom is 0.233 e. The molecule has 1 aromatic heterocycles. The molecule has 1 aliphatic heterocycles. The maximum atomic E-state index is 13.3. The Hall–Kier alpha value is -2.95. The Morgan fingerprint density at radius 2 is 1.79 bits per heavy atom. The molecule has 0 saturated carbocycles. The van der Waals surface area contributed by atoms with E-state index in [1.807, 2.05) is 6.92 Å². The number of hydrogen-bond donors (Lipinski definition) is 1. The van der Waals surface area contributed by atoms with Gasteiger partial charge in [-0.15, -0.1) is 0 Å². The van der Waals surface area contributed by atoms with Gasteiger partial charge in [0.25, 0.3) is 0 Å². The monoisotopic (exact) mass is 475 g/mol. The number of ether oxygens (including phenoxy) is 2. The van der Waals surface area contributed by atoms with Crippen molar-refractivity contribution in [3.05, 3.63) is 54.3 Å². The molecular formula is C23H26FN3O5S. The molecule has 2 heterocycles. The predicted octanol–water partition coefficient (Wildman–Crippen LogP) is 3.46. The molecule has 0 aliphatic carbocycles. The zero-order chi connectivity index (χ0) is 23.3. The van der Waals surface area contributed by atoms with Crippen LogP contribution >= 0.6 is 0 Å². The van der Waals surface area contributed by atoms with E-state index in [1.54, 1.807) is 24.3 Å². The second kappa shape index (κ2) is 10.3. The summed E-state index contributed by atoms with van der Waals surface area (Å²) < 4.78 is 56.6. The van der Waals surface area contributed by atoms with Crippen molar-refractivity contribution in [2.24, 2.45) is 0 Å². The van der Waals surface area contributed by atoms with Gasteiger partial charge in [0.1, 0.15) is 11.6 Å². The van der Waals surface area contributed by atoms with Crippen LogP contribution in [0.5, 0.6) is 5.75 Å². The van der Waals surface area contributed by atoms with E-state index < -0.39 is 15.7 Å². The highest BCUT2D eigenvalue weighted by molar-refractivity contribution is 7.91. The van der Waals surface area contributed by atoms with Gasteiger partial charge in [-0.3, -0.25) is 4.90 Å². The lowest BCUT2D eigenvalue weighted by Gasteiger charge is -2.26. The lowest BCUT2D eigenvalue weighted by molar-refractivity contribution is 0.0398. The van der Waals surface area contributed by atoms with Crippen LogP contribution in [-0.4, -0.2) is 64.3 Å². The van der Waals surface area contributed by atoms with E-state index in [0.717, 1.165) is 25.2 Å². The van der Waals surface area contributed by atoms with Gasteiger partial charge < -0.3 is 19.2 Å². The summed E-state index contributed by atoms with van der Waals surface area (Å²) >= 11 is 0. The Morgan fingerprint density at radius 3 is 2.45 bits per heavy atom. The lowest BCUT2D eigenvalue weighted by Crippen LogP contribution is -2.39. The SMILES string of the molecule is CCOc1ccc(-c2nc(S(=O)(=O)c3ccc(F)cc3)c(NCCN3CCOCC3)o2)cc1. The molecule has 1 fully saturated rings. The van der Waals surface area contributed by atoms with Crippen molar-refractivity contribution < 1.29 is 26.7 Å². The number of morpholine rings is 1. The fourth-order valence-electron chi connectivity index (χ4n) is 3.46. The highest BCUT2D eigenvalue weighted by Gasteiger charge is 2.28. The van der Waals surface area contributed by atoms with Gasteiger partial charge in [0.2, 0.25) is 26.6 Å². The van der Waals surface area contributed by atoms with Crippen LogP contribution in [0.15, 0.2) is 62.9 Å². The predicted molar refractivity (Wildman–Crippen MR) is 121 cm³/mol. The molecule has 0 radical (unpaired) electrons. The Kier molecular flexibility index (Phi) is 7.26. The van der Waals surface area contributed by atoms with Crippen LogP contribution in [0.2, 0.25) is 0 Å². The fraction of sp³-hybridized carbons (Fsp3) is 0.348. The van der Waals surface area contributed by atoms with Crippen molar-refractivity contribution in [2.45, 2.75) is 16.8 Å². The second-order valence-corrected chi connectivity index (χ2v) is 9.31. The van der Waals surface area contributed by atoms with E-state index in [4.69, 9.17) is 13.9 Å². The van der Waals surface area contributed by atoms with Gasteiger partial charge in [-0.2, -0.15) is 4.98 Å². The molecule has 1 N–H and O–H groups in total. The summed E-state index contributed by atoms with van der Waals surface area (Å²) in [5, 5.41) is 2.84. The molecule has 0 unspecified atom stereocenters. The van der Waals surface area contributed by atoms with Crippen LogP contribution in [0.3, 0.4) is 0 Å². The van der Waals surface area contributed by atoms with Crippen molar-refractivity contribution in [3.8, 4) is 17.2 Å². The number of oxazole rings is 1. The maximum absolute atomic E-state index is 13.3. The molecule has 0 spiro atoms. The van der Waals surface area contributed by atoms with Crippen molar-refractivity contribution in [1.82, 2.24) is 9.88 Å². The molecule has 176 valence electrons. The Balaban J connectivity index is 1.62. The molecule has 1 aliphatic rings. The minimum Gasteiger partial charge on any atom is -0.494 e. The van der Waals surface area contributed by atoms with Gasteiger partial charge in [0.05, 0.1) is 24.7 Å². The van der Waals surface area contributed by atoms with Crippen LogP contribution in [-0.2, 0) is 14.6 Å². The average molecular weight is 476 g/mol. The van der Waals surface area contributed by atoms with Gasteiger partial charge in [-0.1, -0.05) is 0 Å². The van der Waals surface area contributed by atoms with E-state index in [1.165, 1.54) is 12.1 Å². The number of nitrogens with zero attached hydrogens (tertiary/aromatic N) is 2. The van der Waals surface area contributed by atoms with Gasteiger partial charge in [-0.05, 0) is 55.5 Å². The third-order valence-electron chi connectivity index (χ3n) is 5.20. The Bertz CT molecular complexity index is 1160. The third-order valence-corrected chi connectivity index (χ3v) is 6.88. The minimum absolute atomic E-state index is 0.0523. The van der Waals surface area contributed by atoms with Gasteiger partial charge in [0.15, 0.2) is 0 Å². The Morgan fingerprint density at radius 1 is 1.09 bits per heavy atom. The third kappa shape index (κ3) is 5.52. The highest BCUT2D eigenvalue weighted by atomic mass is 32.2. The molecule has 4 rings (SSSR count). The van der Waals surface area contributed by atoms with E-state index >= 15 is 0 Å². The molecule has 0 bridgehead atoms. The van der Waals surface area contributed by atoms with Gasteiger partial charge >= 0.3 is 0 Å². The van der Waals surface area contributed by atoms with Crippen LogP contribution in [0, 0.1) is 5.82 Å². The molecule has 10 heteroatoms. The molecule has 8 nitrogen and oxygen atoms in total. The Labute approximate surface area is 192 Å². The zero-order valence-electron chi connectivity index (χ0n) is 18.3.